The quantitative estimate of drug-likeness (QED) is 0.918. The van der Waals surface area contributed by atoms with Gasteiger partial charge in [-0.1, -0.05) is 0 Å². The Kier molecular flexibility index (Phi) is 4.32. The van der Waals surface area contributed by atoms with Crippen molar-refractivity contribution in [3.63, 3.8) is 0 Å². The van der Waals surface area contributed by atoms with Crippen molar-refractivity contribution in [3.05, 3.63) is 24.3 Å². The highest BCUT2D eigenvalue weighted by Crippen LogP contribution is 2.21. The van der Waals surface area contributed by atoms with Crippen LogP contribution in [0.25, 0.3) is 0 Å². The first-order chi connectivity index (χ1) is 9.37. The predicted octanol–water partition coefficient (Wildman–Crippen LogP) is 1.52. The van der Waals surface area contributed by atoms with Gasteiger partial charge in [-0.3, -0.25) is 4.79 Å². The summed E-state index contributed by atoms with van der Waals surface area (Å²) in [5, 5.41) is 2.79. The molecule has 110 valence electrons. The molecule has 1 atom stereocenters. The van der Waals surface area contributed by atoms with Crippen LogP contribution in [0.5, 0.6) is 0 Å². The van der Waals surface area contributed by atoms with Crippen LogP contribution in [0.2, 0.25) is 0 Å². The minimum absolute atomic E-state index is 0.0331. The largest absolute Gasteiger partial charge is 0.378 e. The van der Waals surface area contributed by atoms with Crippen LogP contribution in [0.15, 0.2) is 24.3 Å². The van der Waals surface area contributed by atoms with Crippen LogP contribution in [0.3, 0.4) is 0 Å². The van der Waals surface area contributed by atoms with Gasteiger partial charge in [-0.05, 0) is 37.1 Å². The van der Waals surface area contributed by atoms with E-state index in [0.29, 0.717) is 18.5 Å². The van der Waals surface area contributed by atoms with E-state index in [1.165, 1.54) is 0 Å². The van der Waals surface area contributed by atoms with E-state index in [4.69, 9.17) is 0 Å². The zero-order valence-corrected chi connectivity index (χ0v) is 12.6. The van der Waals surface area contributed by atoms with Gasteiger partial charge in [-0.15, -0.1) is 0 Å². The van der Waals surface area contributed by atoms with E-state index < -0.39 is 15.8 Å². The molecule has 6 heteroatoms. The molecule has 0 radical (unpaired) electrons. The number of sulfone groups is 1. The molecule has 0 saturated carbocycles. The first kappa shape index (κ1) is 14.8. The first-order valence-corrected chi connectivity index (χ1v) is 8.48. The average Bonchev–Trinajstić information content (AvgIpc) is 2.38. The van der Waals surface area contributed by atoms with Crippen LogP contribution in [-0.2, 0) is 14.6 Å². The van der Waals surface area contributed by atoms with Gasteiger partial charge in [0.15, 0.2) is 9.84 Å². The molecule has 1 fully saturated rings. The van der Waals surface area contributed by atoms with E-state index >= 15 is 0 Å². The predicted molar refractivity (Wildman–Crippen MR) is 80.8 cm³/mol. The van der Waals surface area contributed by atoms with Gasteiger partial charge >= 0.3 is 0 Å². The molecular formula is C14H20N2O3S. The molecule has 1 aliphatic rings. The highest BCUT2D eigenvalue weighted by Gasteiger charge is 2.29. The Morgan fingerprint density at radius 2 is 1.90 bits per heavy atom. The maximum absolute atomic E-state index is 12.1. The number of amides is 1. The van der Waals surface area contributed by atoms with Crippen molar-refractivity contribution >= 4 is 27.1 Å². The van der Waals surface area contributed by atoms with Crippen LogP contribution in [0.4, 0.5) is 11.4 Å². The summed E-state index contributed by atoms with van der Waals surface area (Å²) >= 11 is 0. The number of benzene rings is 1. The van der Waals surface area contributed by atoms with Crippen molar-refractivity contribution in [2.24, 2.45) is 5.92 Å². The minimum Gasteiger partial charge on any atom is -0.378 e. The smallest absolute Gasteiger partial charge is 0.228 e. The van der Waals surface area contributed by atoms with E-state index in [1.807, 2.05) is 43.3 Å². The van der Waals surface area contributed by atoms with Gasteiger partial charge in [0.05, 0.1) is 17.4 Å². The van der Waals surface area contributed by atoms with E-state index in [1.54, 1.807) is 0 Å². The lowest BCUT2D eigenvalue weighted by Crippen LogP contribution is -2.34. The topological polar surface area (TPSA) is 66.5 Å². The molecule has 0 bridgehead atoms. The number of carbonyl (C=O) groups is 1. The van der Waals surface area contributed by atoms with Crippen molar-refractivity contribution in [1.82, 2.24) is 0 Å². The van der Waals surface area contributed by atoms with Crippen LogP contribution in [0, 0.1) is 5.92 Å². The summed E-state index contributed by atoms with van der Waals surface area (Å²) in [7, 11) is 0.835. The van der Waals surface area contributed by atoms with Gasteiger partial charge in [0.2, 0.25) is 5.91 Å². The number of anilines is 2. The summed E-state index contributed by atoms with van der Waals surface area (Å²) in [5.41, 5.74) is 1.74. The fourth-order valence-corrected chi connectivity index (χ4v) is 4.02. The third kappa shape index (κ3) is 3.72. The Morgan fingerprint density at radius 1 is 1.25 bits per heavy atom. The summed E-state index contributed by atoms with van der Waals surface area (Å²) in [4.78, 5) is 14.1. The maximum atomic E-state index is 12.1. The van der Waals surface area contributed by atoms with E-state index in [0.717, 1.165) is 5.69 Å². The Morgan fingerprint density at radius 3 is 2.45 bits per heavy atom. The van der Waals surface area contributed by atoms with Crippen molar-refractivity contribution in [2.45, 2.75) is 12.8 Å². The molecule has 1 amide bonds. The normalized spacial score (nSPS) is 21.2. The van der Waals surface area contributed by atoms with Crippen molar-refractivity contribution in [1.29, 1.82) is 0 Å². The standard InChI is InChI=1S/C14H20N2O3S/c1-16(2)13-7-5-12(6-8-13)15-14(17)11-4-3-9-20(18,19)10-11/h5-8,11H,3-4,9-10H2,1-2H3,(H,15,17). The molecule has 1 heterocycles. The summed E-state index contributed by atoms with van der Waals surface area (Å²) < 4.78 is 23.1. The SMILES string of the molecule is CN(C)c1ccc(NC(=O)C2CCCS(=O)(=O)C2)cc1. The van der Waals surface area contributed by atoms with E-state index in [2.05, 4.69) is 5.32 Å². The van der Waals surface area contributed by atoms with Gasteiger partial charge < -0.3 is 10.2 Å². The molecule has 0 aromatic heterocycles. The van der Waals surface area contributed by atoms with E-state index in [-0.39, 0.29) is 17.4 Å². The maximum Gasteiger partial charge on any atom is 0.228 e. The number of hydrogen-bond acceptors (Lipinski definition) is 4. The fraction of sp³-hybridized carbons (Fsp3) is 0.500. The lowest BCUT2D eigenvalue weighted by atomic mass is 10.0. The molecule has 1 saturated heterocycles. The average molecular weight is 296 g/mol. The first-order valence-electron chi connectivity index (χ1n) is 6.66. The number of carbonyl (C=O) groups excluding carboxylic acids is 1. The van der Waals surface area contributed by atoms with Gasteiger partial charge in [-0.25, -0.2) is 8.42 Å². The third-order valence-corrected chi connectivity index (χ3v) is 5.31. The van der Waals surface area contributed by atoms with Crippen molar-refractivity contribution < 1.29 is 13.2 Å². The number of hydrogen-bond donors (Lipinski definition) is 1. The minimum atomic E-state index is -3.05. The molecule has 1 N–H and O–H groups in total. The van der Waals surface area contributed by atoms with Crippen LogP contribution >= 0.6 is 0 Å². The molecule has 1 unspecified atom stereocenters. The fourth-order valence-electron chi connectivity index (χ4n) is 2.32. The van der Waals surface area contributed by atoms with Crippen LogP contribution in [-0.4, -0.2) is 39.9 Å². The lowest BCUT2D eigenvalue weighted by Gasteiger charge is -2.21. The Labute approximate surface area is 119 Å². The second-order valence-electron chi connectivity index (χ2n) is 5.38. The molecular weight excluding hydrogens is 276 g/mol. The summed E-state index contributed by atoms with van der Waals surface area (Å²) in [6.07, 6.45) is 1.21. The van der Waals surface area contributed by atoms with Gasteiger partial charge in [0, 0.05) is 25.5 Å². The molecule has 1 aliphatic heterocycles. The molecule has 0 aliphatic carbocycles. The Balaban J connectivity index is 2.00. The second kappa shape index (κ2) is 5.83. The Hall–Kier alpha value is -1.56. The number of nitrogens with zero attached hydrogens (tertiary/aromatic N) is 1. The summed E-state index contributed by atoms with van der Waals surface area (Å²) in [5.74, 6) is -0.462. The molecule has 1 aromatic rings. The summed E-state index contributed by atoms with van der Waals surface area (Å²) in [6.45, 7) is 0. The Bertz CT molecular complexity index is 579. The number of rotatable bonds is 3. The molecule has 20 heavy (non-hydrogen) atoms. The number of nitrogens with one attached hydrogen (secondary N) is 1. The lowest BCUT2D eigenvalue weighted by molar-refractivity contribution is -0.119. The van der Waals surface area contributed by atoms with Crippen LogP contribution in [0.1, 0.15) is 12.8 Å². The van der Waals surface area contributed by atoms with Gasteiger partial charge in [0.25, 0.3) is 0 Å². The molecule has 5 nitrogen and oxygen atoms in total. The van der Waals surface area contributed by atoms with Crippen molar-refractivity contribution in [3.8, 4) is 0 Å². The van der Waals surface area contributed by atoms with Crippen LogP contribution < -0.4 is 10.2 Å². The van der Waals surface area contributed by atoms with Gasteiger partial charge in [-0.2, -0.15) is 0 Å². The second-order valence-corrected chi connectivity index (χ2v) is 7.61. The molecule has 0 spiro atoms. The molecule has 1 aromatic carbocycles. The highest BCUT2D eigenvalue weighted by atomic mass is 32.2. The van der Waals surface area contributed by atoms with Crippen molar-refractivity contribution in [2.75, 3.05) is 35.8 Å². The van der Waals surface area contributed by atoms with Gasteiger partial charge in [0.1, 0.15) is 0 Å². The zero-order chi connectivity index (χ0) is 14.8. The third-order valence-electron chi connectivity index (χ3n) is 3.49. The highest BCUT2D eigenvalue weighted by molar-refractivity contribution is 7.91. The monoisotopic (exact) mass is 296 g/mol. The molecule has 2 rings (SSSR count). The summed E-state index contributed by atoms with van der Waals surface area (Å²) in [6, 6.07) is 7.47. The zero-order valence-electron chi connectivity index (χ0n) is 11.8. The van der Waals surface area contributed by atoms with E-state index in [9.17, 15) is 13.2 Å².